The van der Waals surface area contributed by atoms with Gasteiger partial charge in [0.25, 0.3) is 0 Å². The maximum absolute atomic E-state index is 11.6. The maximum atomic E-state index is 11.6. The molecule has 0 saturated heterocycles. The normalized spacial score (nSPS) is 11.0. The Balaban J connectivity index is 1.88. The van der Waals surface area contributed by atoms with Crippen molar-refractivity contribution in [1.82, 2.24) is 15.5 Å². The van der Waals surface area contributed by atoms with Crippen molar-refractivity contribution < 1.29 is 4.79 Å². The minimum atomic E-state index is 0.0129. The predicted octanol–water partition coefficient (Wildman–Crippen LogP) is 4.02. The van der Waals surface area contributed by atoms with E-state index in [1.54, 1.807) is 0 Å². The number of rotatable bonds is 7. The molecule has 0 aliphatic heterocycles. The summed E-state index contributed by atoms with van der Waals surface area (Å²) in [6, 6.07) is 8.46. The number of nitrogens with zero attached hydrogens (tertiary/aromatic N) is 2. The van der Waals surface area contributed by atoms with Gasteiger partial charge in [-0.05, 0) is 37.5 Å². The average molecular weight is 351 g/mol. The number of carbonyl (C=O) groups is 1. The molecule has 1 heterocycles. The van der Waals surface area contributed by atoms with Crippen LogP contribution >= 0.6 is 23.1 Å². The summed E-state index contributed by atoms with van der Waals surface area (Å²) in [7, 11) is 0. The van der Waals surface area contributed by atoms with Crippen molar-refractivity contribution in [3.63, 3.8) is 0 Å². The van der Waals surface area contributed by atoms with Gasteiger partial charge < -0.3 is 10.6 Å². The summed E-state index contributed by atoms with van der Waals surface area (Å²) in [5.74, 6) is 0.889. The average Bonchev–Trinajstić information content (AvgIpc) is 2.92. The van der Waals surface area contributed by atoms with Crippen LogP contribution in [0, 0.1) is 0 Å². The minimum Gasteiger partial charge on any atom is -0.353 e. The number of carbonyl (C=O) groups excluding carboxylic acids is 1. The molecule has 2 N–H and O–H groups in total. The first-order valence-corrected chi connectivity index (χ1v) is 9.37. The van der Waals surface area contributed by atoms with Crippen molar-refractivity contribution >= 4 is 39.8 Å². The van der Waals surface area contributed by atoms with Crippen LogP contribution < -0.4 is 10.6 Å². The zero-order valence-electron chi connectivity index (χ0n) is 13.8. The SMILES string of the molecule is CC(C)NC(=O)CSc1nnc(Nc2ccc(C(C)C)cc2)s1. The lowest BCUT2D eigenvalue weighted by molar-refractivity contribution is -0.119. The van der Waals surface area contributed by atoms with Crippen LogP contribution in [-0.4, -0.2) is 27.9 Å². The third kappa shape index (κ3) is 5.84. The number of aromatic nitrogens is 2. The van der Waals surface area contributed by atoms with Gasteiger partial charge >= 0.3 is 0 Å². The number of hydrogen-bond acceptors (Lipinski definition) is 6. The molecule has 0 atom stereocenters. The van der Waals surface area contributed by atoms with Gasteiger partial charge in [-0.2, -0.15) is 0 Å². The zero-order chi connectivity index (χ0) is 16.8. The second kappa shape index (κ2) is 8.31. The molecule has 0 radical (unpaired) electrons. The summed E-state index contributed by atoms with van der Waals surface area (Å²) in [5.41, 5.74) is 2.29. The Kier molecular flexibility index (Phi) is 6.41. The fourth-order valence-corrected chi connectivity index (χ4v) is 3.47. The highest BCUT2D eigenvalue weighted by atomic mass is 32.2. The standard InChI is InChI=1S/C16H22N4OS2/c1-10(2)12-5-7-13(8-6-12)18-15-19-20-16(23-15)22-9-14(21)17-11(3)4/h5-8,10-11H,9H2,1-4H3,(H,17,21)(H,18,19). The predicted molar refractivity (Wildman–Crippen MR) is 97.7 cm³/mol. The summed E-state index contributed by atoms with van der Waals surface area (Å²) in [6.07, 6.45) is 0. The molecule has 1 aromatic heterocycles. The molecule has 0 spiro atoms. The van der Waals surface area contributed by atoms with Gasteiger partial charge in [0.15, 0.2) is 4.34 Å². The van der Waals surface area contributed by atoms with Crippen LogP contribution in [0.25, 0.3) is 0 Å². The van der Waals surface area contributed by atoms with Gasteiger partial charge in [-0.3, -0.25) is 4.79 Å². The smallest absolute Gasteiger partial charge is 0.230 e. The van der Waals surface area contributed by atoms with Crippen LogP contribution in [-0.2, 0) is 4.79 Å². The summed E-state index contributed by atoms with van der Waals surface area (Å²) >= 11 is 2.85. The molecule has 0 fully saturated rings. The molecule has 2 rings (SSSR count). The quantitative estimate of drug-likeness (QED) is 0.738. The third-order valence-corrected chi connectivity index (χ3v) is 4.98. The lowest BCUT2D eigenvalue weighted by Gasteiger charge is -2.07. The Morgan fingerprint density at radius 2 is 1.87 bits per heavy atom. The number of hydrogen-bond donors (Lipinski definition) is 2. The first-order valence-electron chi connectivity index (χ1n) is 7.56. The van der Waals surface area contributed by atoms with Crippen molar-refractivity contribution in [2.24, 2.45) is 0 Å². The Morgan fingerprint density at radius 3 is 2.48 bits per heavy atom. The lowest BCUT2D eigenvalue weighted by atomic mass is 10.0. The van der Waals surface area contributed by atoms with E-state index in [0.29, 0.717) is 11.7 Å². The molecular formula is C16H22N4OS2. The highest BCUT2D eigenvalue weighted by Gasteiger charge is 2.09. The highest BCUT2D eigenvalue weighted by molar-refractivity contribution is 8.01. The van der Waals surface area contributed by atoms with Crippen molar-refractivity contribution in [2.75, 3.05) is 11.1 Å². The van der Waals surface area contributed by atoms with Crippen LogP contribution in [0.3, 0.4) is 0 Å². The lowest BCUT2D eigenvalue weighted by Crippen LogP contribution is -2.31. The van der Waals surface area contributed by atoms with E-state index >= 15 is 0 Å². The molecule has 0 aliphatic rings. The van der Waals surface area contributed by atoms with E-state index in [0.717, 1.165) is 15.2 Å². The van der Waals surface area contributed by atoms with Gasteiger partial charge in [0, 0.05) is 11.7 Å². The molecule has 0 unspecified atom stereocenters. The highest BCUT2D eigenvalue weighted by Crippen LogP contribution is 2.28. The second-order valence-electron chi connectivity index (χ2n) is 5.79. The monoisotopic (exact) mass is 350 g/mol. The maximum Gasteiger partial charge on any atom is 0.230 e. The van der Waals surface area contributed by atoms with E-state index in [4.69, 9.17) is 0 Å². The first-order chi connectivity index (χ1) is 10.9. The summed E-state index contributed by atoms with van der Waals surface area (Å²) in [5, 5.41) is 15.0. The molecule has 1 aromatic carbocycles. The van der Waals surface area contributed by atoms with Gasteiger partial charge in [-0.25, -0.2) is 0 Å². The van der Waals surface area contributed by atoms with Gasteiger partial charge in [0.2, 0.25) is 11.0 Å². The van der Waals surface area contributed by atoms with Crippen LogP contribution in [0.5, 0.6) is 0 Å². The molecule has 23 heavy (non-hydrogen) atoms. The molecule has 124 valence electrons. The number of benzene rings is 1. The molecule has 0 saturated carbocycles. The van der Waals surface area contributed by atoms with Gasteiger partial charge in [0.1, 0.15) is 0 Å². The number of anilines is 2. The summed E-state index contributed by atoms with van der Waals surface area (Å²) < 4.78 is 0.783. The van der Waals surface area contributed by atoms with Gasteiger partial charge in [0.05, 0.1) is 5.75 Å². The van der Waals surface area contributed by atoms with E-state index in [2.05, 4.69) is 46.8 Å². The van der Waals surface area contributed by atoms with Gasteiger partial charge in [-0.15, -0.1) is 10.2 Å². The van der Waals surface area contributed by atoms with Crippen LogP contribution in [0.15, 0.2) is 28.6 Å². The van der Waals surface area contributed by atoms with Crippen molar-refractivity contribution in [3.8, 4) is 0 Å². The Bertz CT molecular complexity index is 638. The zero-order valence-corrected chi connectivity index (χ0v) is 15.4. The molecule has 0 bridgehead atoms. The Morgan fingerprint density at radius 1 is 1.17 bits per heavy atom. The molecular weight excluding hydrogens is 328 g/mol. The van der Waals surface area contributed by atoms with Crippen LogP contribution in [0.2, 0.25) is 0 Å². The third-order valence-electron chi connectivity index (χ3n) is 3.01. The fourth-order valence-electron chi connectivity index (χ4n) is 1.88. The second-order valence-corrected chi connectivity index (χ2v) is 7.99. The van der Waals surface area contributed by atoms with Crippen molar-refractivity contribution in [2.45, 2.75) is 44.0 Å². The van der Waals surface area contributed by atoms with E-state index in [1.807, 2.05) is 26.0 Å². The number of nitrogens with one attached hydrogen (secondary N) is 2. The summed E-state index contributed by atoms with van der Waals surface area (Å²) in [4.78, 5) is 11.6. The molecule has 0 aliphatic carbocycles. The minimum absolute atomic E-state index is 0.0129. The van der Waals surface area contributed by atoms with Crippen LogP contribution in [0.4, 0.5) is 10.8 Å². The number of amides is 1. The van der Waals surface area contributed by atoms with E-state index in [9.17, 15) is 4.79 Å². The first kappa shape index (κ1) is 17.7. The van der Waals surface area contributed by atoms with E-state index in [-0.39, 0.29) is 11.9 Å². The largest absolute Gasteiger partial charge is 0.353 e. The van der Waals surface area contributed by atoms with Crippen molar-refractivity contribution in [3.05, 3.63) is 29.8 Å². The Labute approximate surface area is 145 Å². The molecule has 2 aromatic rings. The number of thioether (sulfide) groups is 1. The topological polar surface area (TPSA) is 66.9 Å². The van der Waals surface area contributed by atoms with Crippen molar-refractivity contribution in [1.29, 1.82) is 0 Å². The van der Waals surface area contributed by atoms with Crippen LogP contribution in [0.1, 0.15) is 39.2 Å². The fraction of sp³-hybridized carbons (Fsp3) is 0.438. The van der Waals surface area contributed by atoms with E-state index < -0.39 is 0 Å². The van der Waals surface area contributed by atoms with E-state index in [1.165, 1.54) is 28.7 Å². The molecule has 5 nitrogen and oxygen atoms in total. The molecule has 1 amide bonds. The molecule has 7 heteroatoms. The summed E-state index contributed by atoms with van der Waals surface area (Å²) in [6.45, 7) is 8.23. The van der Waals surface area contributed by atoms with Gasteiger partial charge in [-0.1, -0.05) is 49.1 Å². The Hall–Kier alpha value is -1.60.